The minimum Gasteiger partial charge on any atom is -0.338 e. The van der Waals surface area contributed by atoms with Gasteiger partial charge in [0, 0.05) is 32.7 Å². The molecule has 1 aliphatic rings. The maximum Gasteiger partial charge on any atom is 0.247 e. The highest BCUT2D eigenvalue weighted by Crippen LogP contribution is 2.25. The summed E-state index contributed by atoms with van der Waals surface area (Å²) in [6, 6.07) is 20.3. The van der Waals surface area contributed by atoms with Gasteiger partial charge in [-0.1, -0.05) is 67.6 Å². The largest absolute Gasteiger partial charge is 0.338 e. The molecule has 1 heterocycles. The fourth-order valence-electron chi connectivity index (χ4n) is 3.60. The molecule has 3 rings (SSSR count). The molecule has 138 valence electrons. The van der Waals surface area contributed by atoms with E-state index in [0.717, 1.165) is 44.7 Å². The van der Waals surface area contributed by atoms with Crippen LogP contribution >= 0.6 is 0 Å². The minimum absolute atomic E-state index is 0.0499. The van der Waals surface area contributed by atoms with Gasteiger partial charge in [0.1, 0.15) is 5.54 Å². The molecule has 0 bridgehead atoms. The summed E-state index contributed by atoms with van der Waals surface area (Å²) in [4.78, 5) is 17.5. The van der Waals surface area contributed by atoms with Crippen molar-refractivity contribution in [2.24, 2.45) is 5.73 Å². The van der Waals surface area contributed by atoms with Crippen molar-refractivity contribution in [3.05, 3.63) is 71.8 Å². The van der Waals surface area contributed by atoms with Gasteiger partial charge in [0.15, 0.2) is 0 Å². The molecule has 4 heteroatoms. The normalized spacial score (nSPS) is 17.7. The van der Waals surface area contributed by atoms with Gasteiger partial charge >= 0.3 is 0 Å². The Morgan fingerprint density at radius 3 is 2.12 bits per heavy atom. The van der Waals surface area contributed by atoms with E-state index in [1.807, 2.05) is 48.2 Å². The molecule has 0 aromatic heterocycles. The fraction of sp³-hybridized carbons (Fsp3) is 0.409. The van der Waals surface area contributed by atoms with Crippen LogP contribution in [0.4, 0.5) is 0 Å². The number of carbonyl (C=O) groups is 1. The molecule has 2 aromatic carbocycles. The van der Waals surface area contributed by atoms with Crippen molar-refractivity contribution in [1.29, 1.82) is 0 Å². The van der Waals surface area contributed by atoms with Crippen LogP contribution in [0.1, 0.15) is 24.5 Å². The fourth-order valence-corrected chi connectivity index (χ4v) is 3.60. The molecule has 0 saturated carbocycles. The lowest BCUT2D eigenvalue weighted by molar-refractivity contribution is -0.139. The number of rotatable bonds is 6. The van der Waals surface area contributed by atoms with Crippen LogP contribution in [0.5, 0.6) is 0 Å². The summed E-state index contributed by atoms with van der Waals surface area (Å²) < 4.78 is 0. The van der Waals surface area contributed by atoms with Gasteiger partial charge in [0.05, 0.1) is 0 Å². The lowest BCUT2D eigenvalue weighted by Gasteiger charge is -2.39. The number of hydrogen-bond donors (Lipinski definition) is 1. The summed E-state index contributed by atoms with van der Waals surface area (Å²) in [5.41, 5.74) is 7.90. The first kappa shape index (κ1) is 18.6. The van der Waals surface area contributed by atoms with Crippen LogP contribution in [0.3, 0.4) is 0 Å². The molecule has 1 unspecified atom stereocenters. The highest BCUT2D eigenvalue weighted by Gasteiger charge is 2.38. The molecule has 1 amide bonds. The molecule has 2 aromatic rings. The van der Waals surface area contributed by atoms with Crippen molar-refractivity contribution in [3.8, 4) is 0 Å². The molecular formula is C22H29N3O. The zero-order valence-corrected chi connectivity index (χ0v) is 15.6. The number of nitrogens with zero attached hydrogens (tertiary/aromatic N) is 2. The third-order valence-corrected chi connectivity index (χ3v) is 5.45. The van der Waals surface area contributed by atoms with E-state index in [0.29, 0.717) is 6.42 Å². The highest BCUT2D eigenvalue weighted by molar-refractivity contribution is 5.87. The second-order valence-corrected chi connectivity index (χ2v) is 7.06. The number of amides is 1. The van der Waals surface area contributed by atoms with Gasteiger partial charge in [-0.2, -0.15) is 0 Å². The Morgan fingerprint density at radius 1 is 0.962 bits per heavy atom. The van der Waals surface area contributed by atoms with E-state index >= 15 is 0 Å². The summed E-state index contributed by atoms with van der Waals surface area (Å²) in [6.45, 7) is 6.34. The van der Waals surface area contributed by atoms with Crippen LogP contribution in [0.25, 0.3) is 0 Å². The Kier molecular flexibility index (Phi) is 6.07. The van der Waals surface area contributed by atoms with Crippen molar-refractivity contribution in [2.75, 3.05) is 32.7 Å². The average molecular weight is 351 g/mol. The van der Waals surface area contributed by atoms with Gasteiger partial charge in [-0.15, -0.1) is 0 Å². The highest BCUT2D eigenvalue weighted by atomic mass is 16.2. The van der Waals surface area contributed by atoms with Crippen molar-refractivity contribution < 1.29 is 4.79 Å². The van der Waals surface area contributed by atoms with Crippen LogP contribution in [0, 0.1) is 0 Å². The maximum atomic E-state index is 13.1. The Balaban J connectivity index is 1.56. The second-order valence-electron chi connectivity index (χ2n) is 7.06. The first-order valence-corrected chi connectivity index (χ1v) is 9.53. The predicted octanol–water partition coefficient (Wildman–Crippen LogP) is 2.64. The zero-order chi connectivity index (χ0) is 18.4. The number of hydrogen-bond acceptors (Lipinski definition) is 3. The molecule has 4 nitrogen and oxygen atoms in total. The molecule has 26 heavy (non-hydrogen) atoms. The lowest BCUT2D eigenvalue weighted by atomic mass is 9.86. The maximum absolute atomic E-state index is 13.1. The van der Waals surface area contributed by atoms with Crippen LogP contribution in [-0.2, 0) is 16.8 Å². The van der Waals surface area contributed by atoms with E-state index in [-0.39, 0.29) is 5.91 Å². The second kappa shape index (κ2) is 8.47. The van der Waals surface area contributed by atoms with Gasteiger partial charge in [-0.25, -0.2) is 0 Å². The van der Waals surface area contributed by atoms with E-state index < -0.39 is 5.54 Å². The molecule has 1 atom stereocenters. The van der Waals surface area contributed by atoms with E-state index in [1.54, 1.807) is 0 Å². The monoisotopic (exact) mass is 351 g/mol. The van der Waals surface area contributed by atoms with Crippen molar-refractivity contribution in [1.82, 2.24) is 9.80 Å². The van der Waals surface area contributed by atoms with Gasteiger partial charge in [-0.3, -0.25) is 9.69 Å². The van der Waals surface area contributed by atoms with Crippen LogP contribution in [-0.4, -0.2) is 48.4 Å². The topological polar surface area (TPSA) is 49.6 Å². The van der Waals surface area contributed by atoms with E-state index in [1.165, 1.54) is 5.56 Å². The quantitative estimate of drug-likeness (QED) is 0.870. The van der Waals surface area contributed by atoms with Gasteiger partial charge < -0.3 is 10.6 Å². The summed E-state index contributed by atoms with van der Waals surface area (Å²) in [6.07, 6.45) is 1.65. The molecular weight excluding hydrogens is 322 g/mol. The predicted molar refractivity (Wildman–Crippen MR) is 106 cm³/mol. The van der Waals surface area contributed by atoms with Crippen molar-refractivity contribution in [3.63, 3.8) is 0 Å². The van der Waals surface area contributed by atoms with E-state index in [4.69, 9.17) is 5.73 Å². The Bertz CT molecular complexity index is 696. The molecule has 1 saturated heterocycles. The summed E-state index contributed by atoms with van der Waals surface area (Å²) in [7, 11) is 0. The van der Waals surface area contributed by atoms with Gasteiger partial charge in [0.25, 0.3) is 0 Å². The molecule has 1 aliphatic heterocycles. The smallest absolute Gasteiger partial charge is 0.247 e. The summed E-state index contributed by atoms with van der Waals surface area (Å²) in [5, 5.41) is 0. The first-order chi connectivity index (χ1) is 12.6. The van der Waals surface area contributed by atoms with Crippen LogP contribution in [0.15, 0.2) is 60.7 Å². The lowest BCUT2D eigenvalue weighted by Crippen LogP contribution is -2.57. The molecule has 0 aliphatic carbocycles. The van der Waals surface area contributed by atoms with Crippen molar-refractivity contribution >= 4 is 5.91 Å². The van der Waals surface area contributed by atoms with Gasteiger partial charge in [-0.05, 0) is 24.0 Å². The molecule has 0 spiro atoms. The Hall–Kier alpha value is -2.17. The van der Waals surface area contributed by atoms with Crippen LogP contribution in [0.2, 0.25) is 0 Å². The number of piperazine rings is 1. The summed E-state index contributed by atoms with van der Waals surface area (Å²) >= 11 is 0. The van der Waals surface area contributed by atoms with Gasteiger partial charge in [0.2, 0.25) is 5.91 Å². The standard InChI is InChI=1S/C22H29N3O/c1-2-22(23,20-11-7-4-8-12-20)21(26)25-17-15-24(16-18-25)14-13-19-9-5-3-6-10-19/h3-12H,2,13-18,23H2,1H3. The average Bonchev–Trinajstić information content (AvgIpc) is 2.73. The Morgan fingerprint density at radius 2 is 1.54 bits per heavy atom. The molecule has 1 fully saturated rings. The SMILES string of the molecule is CCC(N)(C(=O)N1CCN(CCc2ccccc2)CC1)c1ccccc1. The summed E-state index contributed by atoms with van der Waals surface area (Å²) in [5.74, 6) is 0.0499. The Labute approximate surface area is 156 Å². The van der Waals surface area contributed by atoms with E-state index in [2.05, 4.69) is 29.2 Å². The number of carbonyl (C=O) groups excluding carboxylic acids is 1. The first-order valence-electron chi connectivity index (χ1n) is 9.53. The third kappa shape index (κ3) is 4.14. The minimum atomic E-state index is -0.923. The van der Waals surface area contributed by atoms with Crippen LogP contribution < -0.4 is 5.73 Å². The molecule has 2 N–H and O–H groups in total. The zero-order valence-electron chi connectivity index (χ0n) is 15.6. The van der Waals surface area contributed by atoms with E-state index in [9.17, 15) is 4.79 Å². The number of nitrogens with two attached hydrogens (primary N) is 1. The number of benzene rings is 2. The third-order valence-electron chi connectivity index (χ3n) is 5.45. The van der Waals surface area contributed by atoms with Crippen molar-refractivity contribution in [2.45, 2.75) is 25.3 Å². The molecule has 0 radical (unpaired) electrons.